The van der Waals surface area contributed by atoms with Crippen molar-refractivity contribution in [1.82, 2.24) is 10.2 Å². The normalized spacial score (nSPS) is 21.1. The highest BCUT2D eigenvalue weighted by atomic mass is 16.3. The summed E-state index contributed by atoms with van der Waals surface area (Å²) in [5, 5.41) is 3.39. The molecule has 16 heavy (non-hydrogen) atoms. The Morgan fingerprint density at radius 2 is 2.44 bits per heavy atom. The Bertz CT molecular complexity index is 346. The largest absolute Gasteiger partial charge is 0.467 e. The third kappa shape index (κ3) is 2.64. The van der Waals surface area contributed by atoms with Crippen LogP contribution in [0.3, 0.4) is 0 Å². The molecule has 2 heterocycles. The molecule has 1 aromatic heterocycles. The quantitative estimate of drug-likeness (QED) is 0.837. The lowest BCUT2D eigenvalue weighted by Gasteiger charge is -2.17. The first-order chi connectivity index (χ1) is 7.65. The topological polar surface area (TPSA) is 45.5 Å². The summed E-state index contributed by atoms with van der Waals surface area (Å²) in [5.41, 5.74) is 0. The van der Waals surface area contributed by atoms with E-state index in [1.807, 2.05) is 17.0 Å². The van der Waals surface area contributed by atoms with Gasteiger partial charge in [0.25, 0.3) is 0 Å². The van der Waals surface area contributed by atoms with Gasteiger partial charge in [-0.3, -0.25) is 4.79 Å². The number of carbonyl (C=O) groups is 1. The number of furan rings is 1. The highest BCUT2D eigenvalue weighted by Gasteiger charge is 2.29. The van der Waals surface area contributed by atoms with Crippen molar-refractivity contribution in [2.75, 3.05) is 6.54 Å². The number of nitrogens with one attached hydrogen (secondary N) is 1. The van der Waals surface area contributed by atoms with Crippen molar-refractivity contribution < 1.29 is 9.21 Å². The van der Waals surface area contributed by atoms with Gasteiger partial charge >= 0.3 is 0 Å². The molecule has 4 heteroatoms. The second-order valence-electron chi connectivity index (χ2n) is 4.58. The van der Waals surface area contributed by atoms with E-state index >= 15 is 0 Å². The van der Waals surface area contributed by atoms with Crippen molar-refractivity contribution in [3.63, 3.8) is 0 Å². The molecule has 1 fully saturated rings. The lowest BCUT2D eigenvalue weighted by Crippen LogP contribution is -2.36. The fourth-order valence-corrected chi connectivity index (χ4v) is 2.10. The van der Waals surface area contributed by atoms with Gasteiger partial charge in [-0.15, -0.1) is 0 Å². The van der Waals surface area contributed by atoms with Gasteiger partial charge in [0.2, 0.25) is 5.91 Å². The standard InChI is InChI=1S/C12H18N2O2/c1-9(2)13-10-6-12(15)14(7-10)8-11-4-3-5-16-11/h3-5,9-10,13H,6-8H2,1-2H3. The van der Waals surface area contributed by atoms with Gasteiger partial charge in [-0.1, -0.05) is 13.8 Å². The molecule has 1 aliphatic heterocycles. The molecule has 0 spiro atoms. The van der Waals surface area contributed by atoms with Crippen molar-refractivity contribution in [1.29, 1.82) is 0 Å². The van der Waals surface area contributed by atoms with Crippen LogP contribution >= 0.6 is 0 Å². The SMILES string of the molecule is CC(C)NC1CC(=O)N(Cc2ccco2)C1. The van der Waals surface area contributed by atoms with Crippen LogP contribution in [0.25, 0.3) is 0 Å². The monoisotopic (exact) mass is 222 g/mol. The average Bonchev–Trinajstić information content (AvgIpc) is 2.77. The zero-order chi connectivity index (χ0) is 11.5. The first-order valence-corrected chi connectivity index (χ1v) is 5.71. The van der Waals surface area contributed by atoms with E-state index in [2.05, 4.69) is 19.2 Å². The minimum Gasteiger partial charge on any atom is -0.467 e. The molecule has 1 unspecified atom stereocenters. The maximum absolute atomic E-state index is 11.7. The summed E-state index contributed by atoms with van der Waals surface area (Å²) < 4.78 is 5.25. The van der Waals surface area contributed by atoms with Gasteiger partial charge in [0, 0.05) is 25.0 Å². The van der Waals surface area contributed by atoms with Crippen LogP contribution in [0.4, 0.5) is 0 Å². The fraction of sp³-hybridized carbons (Fsp3) is 0.583. The van der Waals surface area contributed by atoms with Crippen LogP contribution < -0.4 is 5.32 Å². The van der Waals surface area contributed by atoms with Crippen LogP contribution in [0, 0.1) is 0 Å². The van der Waals surface area contributed by atoms with Crippen molar-refractivity contribution in [2.24, 2.45) is 0 Å². The Balaban J connectivity index is 1.90. The van der Waals surface area contributed by atoms with E-state index in [-0.39, 0.29) is 11.9 Å². The van der Waals surface area contributed by atoms with E-state index in [4.69, 9.17) is 4.42 Å². The van der Waals surface area contributed by atoms with Gasteiger partial charge in [0.1, 0.15) is 5.76 Å². The third-order valence-corrected chi connectivity index (χ3v) is 2.71. The molecule has 1 aliphatic rings. The van der Waals surface area contributed by atoms with E-state index in [9.17, 15) is 4.79 Å². The summed E-state index contributed by atoms with van der Waals surface area (Å²) in [6.45, 7) is 5.55. The lowest BCUT2D eigenvalue weighted by atomic mass is 10.2. The van der Waals surface area contributed by atoms with E-state index in [0.717, 1.165) is 12.3 Å². The molecule has 1 saturated heterocycles. The summed E-state index contributed by atoms with van der Waals surface area (Å²) in [6, 6.07) is 4.44. The molecule has 2 rings (SSSR count). The van der Waals surface area contributed by atoms with Crippen molar-refractivity contribution in [3.8, 4) is 0 Å². The number of rotatable bonds is 4. The van der Waals surface area contributed by atoms with Gasteiger partial charge in [-0.2, -0.15) is 0 Å². The molecule has 1 atom stereocenters. The average molecular weight is 222 g/mol. The van der Waals surface area contributed by atoms with Gasteiger partial charge in [-0.25, -0.2) is 0 Å². The van der Waals surface area contributed by atoms with Gasteiger partial charge in [-0.05, 0) is 12.1 Å². The number of likely N-dealkylation sites (tertiary alicyclic amines) is 1. The van der Waals surface area contributed by atoms with Crippen molar-refractivity contribution in [3.05, 3.63) is 24.2 Å². The highest BCUT2D eigenvalue weighted by molar-refractivity contribution is 5.79. The smallest absolute Gasteiger partial charge is 0.224 e. The Hall–Kier alpha value is -1.29. The Kier molecular flexibility index (Phi) is 3.29. The zero-order valence-corrected chi connectivity index (χ0v) is 9.77. The van der Waals surface area contributed by atoms with Gasteiger partial charge < -0.3 is 14.6 Å². The maximum Gasteiger partial charge on any atom is 0.224 e. The lowest BCUT2D eigenvalue weighted by molar-refractivity contribution is -0.128. The Morgan fingerprint density at radius 3 is 3.06 bits per heavy atom. The van der Waals surface area contributed by atoms with E-state index in [0.29, 0.717) is 19.0 Å². The molecule has 88 valence electrons. The van der Waals surface area contributed by atoms with Crippen LogP contribution in [-0.4, -0.2) is 29.4 Å². The van der Waals surface area contributed by atoms with E-state index < -0.39 is 0 Å². The first-order valence-electron chi connectivity index (χ1n) is 5.71. The summed E-state index contributed by atoms with van der Waals surface area (Å²) >= 11 is 0. The fourth-order valence-electron chi connectivity index (χ4n) is 2.10. The summed E-state index contributed by atoms with van der Waals surface area (Å²) in [4.78, 5) is 13.6. The molecular weight excluding hydrogens is 204 g/mol. The second-order valence-corrected chi connectivity index (χ2v) is 4.58. The minimum atomic E-state index is 0.203. The molecule has 4 nitrogen and oxygen atoms in total. The molecule has 0 aromatic carbocycles. The number of hydrogen-bond acceptors (Lipinski definition) is 3. The number of amides is 1. The first kappa shape index (κ1) is 11.2. The number of nitrogens with zero attached hydrogens (tertiary/aromatic N) is 1. The highest BCUT2D eigenvalue weighted by Crippen LogP contribution is 2.15. The number of carbonyl (C=O) groups excluding carboxylic acids is 1. The van der Waals surface area contributed by atoms with Crippen LogP contribution in [0.5, 0.6) is 0 Å². The van der Waals surface area contributed by atoms with Crippen LogP contribution in [0.2, 0.25) is 0 Å². The summed E-state index contributed by atoms with van der Waals surface area (Å²) in [5.74, 6) is 1.05. The zero-order valence-electron chi connectivity index (χ0n) is 9.77. The molecule has 0 radical (unpaired) electrons. The molecule has 0 aliphatic carbocycles. The van der Waals surface area contributed by atoms with Crippen LogP contribution in [-0.2, 0) is 11.3 Å². The molecule has 0 bridgehead atoms. The van der Waals surface area contributed by atoms with E-state index in [1.165, 1.54) is 0 Å². The van der Waals surface area contributed by atoms with E-state index in [1.54, 1.807) is 6.26 Å². The number of hydrogen-bond donors (Lipinski definition) is 1. The Labute approximate surface area is 95.6 Å². The molecule has 1 N–H and O–H groups in total. The predicted octanol–water partition coefficient (Wildman–Crippen LogP) is 1.38. The van der Waals surface area contributed by atoms with Crippen molar-refractivity contribution >= 4 is 5.91 Å². The molecule has 1 aromatic rings. The van der Waals surface area contributed by atoms with Crippen LogP contribution in [0.1, 0.15) is 26.0 Å². The second kappa shape index (κ2) is 4.70. The molecular formula is C12H18N2O2. The Morgan fingerprint density at radius 1 is 1.62 bits per heavy atom. The van der Waals surface area contributed by atoms with Crippen molar-refractivity contribution in [2.45, 2.75) is 38.9 Å². The molecule has 1 amide bonds. The maximum atomic E-state index is 11.7. The summed E-state index contributed by atoms with van der Waals surface area (Å²) in [6.07, 6.45) is 2.23. The predicted molar refractivity (Wildman–Crippen MR) is 60.8 cm³/mol. The third-order valence-electron chi connectivity index (χ3n) is 2.71. The molecule has 0 saturated carbocycles. The van der Waals surface area contributed by atoms with Crippen LogP contribution in [0.15, 0.2) is 22.8 Å². The minimum absolute atomic E-state index is 0.203. The summed E-state index contributed by atoms with van der Waals surface area (Å²) in [7, 11) is 0. The van der Waals surface area contributed by atoms with Gasteiger partial charge in [0.05, 0.1) is 12.8 Å². The van der Waals surface area contributed by atoms with Gasteiger partial charge in [0.15, 0.2) is 0 Å².